The second kappa shape index (κ2) is 7.92. The van der Waals surface area contributed by atoms with Gasteiger partial charge in [0.1, 0.15) is 0 Å². The van der Waals surface area contributed by atoms with Gasteiger partial charge in [0.05, 0.1) is 5.69 Å². The Hall–Kier alpha value is -2.18. The highest BCUT2D eigenvalue weighted by Gasteiger charge is 2.40. The average molecular weight is 395 g/mol. The zero-order chi connectivity index (χ0) is 19.8. The van der Waals surface area contributed by atoms with Crippen LogP contribution >= 0.6 is 0 Å². The number of aromatic nitrogens is 2. The summed E-state index contributed by atoms with van der Waals surface area (Å²) in [7, 11) is 1.92. The Kier molecular flexibility index (Phi) is 5.14. The molecule has 2 aromatic rings. The standard InChI is InChI=1S/C23H30N4O2/c1-25-22(18-5-3-2-4-6-18)13-21(24-25)23(28)27-15-17-7-8-20(27)16-26(14-17)19-9-11-29-12-10-19/h2-6,13,17,19-20H,7-12,14-16H2,1H3/t17-,20+/m0/s1. The van der Waals surface area contributed by atoms with Crippen LogP contribution in [0.25, 0.3) is 11.3 Å². The molecule has 0 unspecified atom stereocenters. The normalized spacial score (nSPS) is 25.9. The number of fused-ring (bicyclic) bond motifs is 4. The Morgan fingerprint density at radius 1 is 1.00 bits per heavy atom. The predicted molar refractivity (Wildman–Crippen MR) is 112 cm³/mol. The quantitative estimate of drug-likeness (QED) is 0.803. The highest BCUT2D eigenvalue weighted by molar-refractivity contribution is 5.93. The van der Waals surface area contributed by atoms with Crippen molar-refractivity contribution in [3.8, 4) is 11.3 Å². The Bertz CT molecular complexity index is 859. The number of hydrogen-bond acceptors (Lipinski definition) is 4. The van der Waals surface area contributed by atoms with Gasteiger partial charge in [0.25, 0.3) is 5.91 Å². The van der Waals surface area contributed by atoms with Crippen molar-refractivity contribution in [2.24, 2.45) is 13.0 Å². The summed E-state index contributed by atoms with van der Waals surface area (Å²) in [5, 5.41) is 4.58. The lowest BCUT2D eigenvalue weighted by molar-refractivity contribution is 0.0304. The van der Waals surface area contributed by atoms with Crippen molar-refractivity contribution in [1.82, 2.24) is 19.6 Å². The summed E-state index contributed by atoms with van der Waals surface area (Å²) in [6, 6.07) is 13.0. The van der Waals surface area contributed by atoms with E-state index in [-0.39, 0.29) is 5.91 Å². The van der Waals surface area contributed by atoms with E-state index in [1.807, 2.05) is 36.0 Å². The molecule has 0 spiro atoms. The largest absolute Gasteiger partial charge is 0.381 e. The van der Waals surface area contributed by atoms with Crippen LogP contribution in [0.5, 0.6) is 0 Å². The number of hydrogen-bond donors (Lipinski definition) is 0. The fourth-order valence-corrected chi connectivity index (χ4v) is 5.31. The molecule has 5 heterocycles. The van der Waals surface area contributed by atoms with E-state index in [0.717, 1.165) is 63.4 Å². The van der Waals surface area contributed by atoms with E-state index in [4.69, 9.17) is 4.74 Å². The van der Waals surface area contributed by atoms with Gasteiger partial charge in [-0.1, -0.05) is 30.3 Å². The number of nitrogens with zero attached hydrogens (tertiary/aromatic N) is 4. The van der Waals surface area contributed by atoms with E-state index < -0.39 is 0 Å². The summed E-state index contributed by atoms with van der Waals surface area (Å²) in [5.41, 5.74) is 2.64. The summed E-state index contributed by atoms with van der Waals surface area (Å²) >= 11 is 0. The number of ether oxygens (including phenoxy) is 1. The van der Waals surface area contributed by atoms with Crippen LogP contribution in [0.2, 0.25) is 0 Å². The second-order valence-electron chi connectivity index (χ2n) is 8.76. The van der Waals surface area contributed by atoms with Crippen molar-refractivity contribution in [1.29, 1.82) is 0 Å². The minimum atomic E-state index is 0.0892. The number of amides is 1. The molecule has 4 fully saturated rings. The molecule has 2 bridgehead atoms. The van der Waals surface area contributed by atoms with Gasteiger partial charge < -0.3 is 9.64 Å². The molecule has 6 rings (SSSR count). The van der Waals surface area contributed by atoms with Crippen LogP contribution in [0.3, 0.4) is 0 Å². The third-order valence-electron chi connectivity index (χ3n) is 6.88. The molecule has 2 atom stereocenters. The van der Waals surface area contributed by atoms with E-state index in [1.165, 1.54) is 6.42 Å². The molecule has 4 aliphatic rings. The van der Waals surface area contributed by atoms with Crippen LogP contribution in [-0.2, 0) is 11.8 Å². The second-order valence-corrected chi connectivity index (χ2v) is 8.76. The summed E-state index contributed by atoms with van der Waals surface area (Å²) in [6.45, 7) is 4.71. The molecule has 0 aliphatic carbocycles. The fourth-order valence-electron chi connectivity index (χ4n) is 5.31. The van der Waals surface area contributed by atoms with Gasteiger partial charge >= 0.3 is 0 Å². The highest BCUT2D eigenvalue weighted by atomic mass is 16.5. The van der Waals surface area contributed by atoms with Crippen LogP contribution in [0.1, 0.15) is 36.2 Å². The average Bonchev–Trinajstić information content (AvgIpc) is 2.94. The van der Waals surface area contributed by atoms with E-state index in [1.54, 1.807) is 0 Å². The van der Waals surface area contributed by atoms with Crippen molar-refractivity contribution in [2.45, 2.75) is 37.8 Å². The maximum atomic E-state index is 13.4. The van der Waals surface area contributed by atoms with E-state index in [0.29, 0.717) is 23.7 Å². The number of carbonyl (C=O) groups excluding carboxylic acids is 1. The van der Waals surface area contributed by atoms with Crippen LogP contribution in [0.15, 0.2) is 36.4 Å². The zero-order valence-corrected chi connectivity index (χ0v) is 17.2. The van der Waals surface area contributed by atoms with Gasteiger partial charge in [0, 0.05) is 52.0 Å². The van der Waals surface area contributed by atoms with Crippen LogP contribution < -0.4 is 0 Å². The Labute approximate surface area is 172 Å². The first-order chi connectivity index (χ1) is 14.2. The summed E-state index contributed by atoms with van der Waals surface area (Å²) in [6.07, 6.45) is 4.57. The molecule has 6 nitrogen and oxygen atoms in total. The van der Waals surface area contributed by atoms with Crippen LogP contribution in [-0.4, -0.2) is 70.4 Å². The molecule has 1 aromatic carbocycles. The van der Waals surface area contributed by atoms with Crippen molar-refractivity contribution < 1.29 is 9.53 Å². The zero-order valence-electron chi connectivity index (χ0n) is 17.2. The third-order valence-corrected chi connectivity index (χ3v) is 6.88. The van der Waals surface area contributed by atoms with Gasteiger partial charge in [-0.05, 0) is 43.2 Å². The summed E-state index contributed by atoms with van der Waals surface area (Å²) in [5.74, 6) is 0.657. The molecule has 1 amide bonds. The molecule has 0 saturated carbocycles. The van der Waals surface area contributed by atoms with Gasteiger partial charge in [-0.3, -0.25) is 14.4 Å². The highest BCUT2D eigenvalue weighted by Crippen LogP contribution is 2.32. The molecule has 29 heavy (non-hydrogen) atoms. The van der Waals surface area contributed by atoms with Crippen molar-refractivity contribution in [2.75, 3.05) is 32.8 Å². The number of benzene rings is 1. The first-order valence-electron chi connectivity index (χ1n) is 10.9. The lowest BCUT2D eigenvalue weighted by Crippen LogP contribution is -2.48. The minimum absolute atomic E-state index is 0.0892. The number of piperidine rings is 1. The molecule has 154 valence electrons. The van der Waals surface area contributed by atoms with Gasteiger partial charge in [0.2, 0.25) is 0 Å². The molecule has 6 heteroatoms. The minimum Gasteiger partial charge on any atom is -0.381 e. The van der Waals surface area contributed by atoms with Crippen LogP contribution in [0, 0.1) is 5.92 Å². The Morgan fingerprint density at radius 2 is 1.79 bits per heavy atom. The van der Waals surface area contributed by atoms with Crippen molar-refractivity contribution in [3.05, 3.63) is 42.1 Å². The van der Waals surface area contributed by atoms with E-state index in [9.17, 15) is 4.79 Å². The number of aryl methyl sites for hydroxylation is 1. The smallest absolute Gasteiger partial charge is 0.274 e. The van der Waals surface area contributed by atoms with Crippen molar-refractivity contribution in [3.63, 3.8) is 0 Å². The topological polar surface area (TPSA) is 50.6 Å². The first-order valence-corrected chi connectivity index (χ1v) is 10.9. The summed E-state index contributed by atoms with van der Waals surface area (Å²) in [4.78, 5) is 18.2. The Balaban J connectivity index is 1.35. The fraction of sp³-hybridized carbons (Fsp3) is 0.565. The Morgan fingerprint density at radius 3 is 2.59 bits per heavy atom. The molecule has 0 radical (unpaired) electrons. The molecule has 1 aromatic heterocycles. The van der Waals surface area contributed by atoms with Gasteiger partial charge in [-0.2, -0.15) is 5.10 Å². The molecule has 0 N–H and O–H groups in total. The molecular weight excluding hydrogens is 364 g/mol. The summed E-state index contributed by atoms with van der Waals surface area (Å²) < 4.78 is 7.38. The number of rotatable bonds is 3. The maximum Gasteiger partial charge on any atom is 0.274 e. The lowest BCUT2D eigenvalue weighted by atomic mass is 9.94. The molecule has 4 saturated heterocycles. The first kappa shape index (κ1) is 18.8. The predicted octanol–water partition coefficient (Wildman–Crippen LogP) is 2.80. The maximum absolute atomic E-state index is 13.4. The van der Waals surface area contributed by atoms with Crippen molar-refractivity contribution >= 4 is 5.91 Å². The van der Waals surface area contributed by atoms with Gasteiger partial charge in [-0.15, -0.1) is 0 Å². The van der Waals surface area contributed by atoms with E-state index in [2.05, 4.69) is 27.0 Å². The van der Waals surface area contributed by atoms with Gasteiger partial charge in [0.15, 0.2) is 5.69 Å². The number of carbonyl (C=O) groups is 1. The van der Waals surface area contributed by atoms with E-state index >= 15 is 0 Å². The lowest BCUT2D eigenvalue weighted by Gasteiger charge is -2.36. The SMILES string of the molecule is Cn1nc(C(=O)N2C[C@H]3CC[C@@H]2CN(C2CCOCC2)C3)cc1-c1ccccc1. The molecular formula is C23H30N4O2. The monoisotopic (exact) mass is 394 g/mol. The van der Waals surface area contributed by atoms with Gasteiger partial charge in [-0.25, -0.2) is 0 Å². The molecule has 4 aliphatic heterocycles. The third kappa shape index (κ3) is 3.71. The van der Waals surface area contributed by atoms with Crippen LogP contribution in [0.4, 0.5) is 0 Å².